The van der Waals surface area contributed by atoms with Crippen LogP contribution in [0.25, 0.3) is 0 Å². The Balaban J connectivity index is 4.23. The molecule has 5 nitrogen and oxygen atoms in total. The fourth-order valence-corrected chi connectivity index (χ4v) is 6.35. The number of esters is 2. The Bertz CT molecular complexity index is 832. The van der Waals surface area contributed by atoms with Crippen molar-refractivity contribution in [3.63, 3.8) is 0 Å². The highest BCUT2D eigenvalue weighted by Gasteiger charge is 2.17. The molecule has 0 aliphatic heterocycles. The molecule has 1 atom stereocenters. The maximum Gasteiger partial charge on any atom is 0.306 e. The van der Waals surface area contributed by atoms with Gasteiger partial charge in [0, 0.05) is 19.4 Å². The van der Waals surface area contributed by atoms with Crippen molar-refractivity contribution in [2.75, 3.05) is 19.8 Å². The zero-order chi connectivity index (χ0) is 37.8. The van der Waals surface area contributed by atoms with Crippen molar-refractivity contribution < 1.29 is 23.8 Å². The first-order valence-corrected chi connectivity index (χ1v) is 22.5. The van der Waals surface area contributed by atoms with Crippen LogP contribution in [-0.4, -0.2) is 37.9 Å². The molecule has 5 heteroatoms. The van der Waals surface area contributed by atoms with E-state index >= 15 is 0 Å². The van der Waals surface area contributed by atoms with Crippen molar-refractivity contribution in [2.24, 2.45) is 0 Å². The lowest BCUT2D eigenvalue weighted by Gasteiger charge is -2.18. The highest BCUT2D eigenvalue weighted by atomic mass is 16.6. The van der Waals surface area contributed by atoms with Crippen LogP contribution in [0.5, 0.6) is 0 Å². The lowest BCUT2D eigenvalue weighted by atomic mass is 10.1. The fourth-order valence-electron chi connectivity index (χ4n) is 6.35. The molecule has 0 aliphatic carbocycles. The second kappa shape index (κ2) is 43.5. The maximum absolute atomic E-state index is 12.7. The van der Waals surface area contributed by atoms with E-state index in [0.717, 1.165) is 64.2 Å². The van der Waals surface area contributed by atoms with Crippen molar-refractivity contribution in [2.45, 2.75) is 232 Å². The molecule has 0 heterocycles. The molecular weight excluding hydrogens is 645 g/mol. The highest BCUT2D eigenvalue weighted by Crippen LogP contribution is 2.14. The Morgan fingerprint density at radius 2 is 0.865 bits per heavy atom. The van der Waals surface area contributed by atoms with Crippen LogP contribution in [0.2, 0.25) is 0 Å². The minimum absolute atomic E-state index is 0.0812. The molecule has 0 saturated carbocycles. The molecule has 0 aromatic heterocycles. The Kier molecular flexibility index (Phi) is 42.0. The molecule has 1 unspecified atom stereocenters. The summed E-state index contributed by atoms with van der Waals surface area (Å²) >= 11 is 0. The van der Waals surface area contributed by atoms with Gasteiger partial charge in [-0.2, -0.15) is 0 Å². The van der Waals surface area contributed by atoms with E-state index in [4.69, 9.17) is 14.2 Å². The van der Waals surface area contributed by atoms with Gasteiger partial charge in [0.25, 0.3) is 0 Å². The maximum atomic E-state index is 12.7. The normalized spacial score (nSPS) is 12.4. The van der Waals surface area contributed by atoms with Crippen LogP contribution in [0.4, 0.5) is 0 Å². The molecule has 52 heavy (non-hydrogen) atoms. The van der Waals surface area contributed by atoms with Crippen molar-refractivity contribution >= 4 is 11.9 Å². The molecule has 0 aromatic rings. The third-order valence-electron chi connectivity index (χ3n) is 9.69. The summed E-state index contributed by atoms with van der Waals surface area (Å²) in [6.07, 6.45) is 49.9. The molecule has 0 N–H and O–H groups in total. The first-order chi connectivity index (χ1) is 25.6. The molecular formula is C47H86O5. The summed E-state index contributed by atoms with van der Waals surface area (Å²) < 4.78 is 17.3. The predicted octanol–water partition coefficient (Wildman–Crippen LogP) is 14.7. The van der Waals surface area contributed by atoms with Crippen LogP contribution in [0, 0.1) is 0 Å². The van der Waals surface area contributed by atoms with Gasteiger partial charge in [0.15, 0.2) is 6.10 Å². The second-order valence-corrected chi connectivity index (χ2v) is 14.9. The van der Waals surface area contributed by atoms with Gasteiger partial charge in [0.1, 0.15) is 6.61 Å². The summed E-state index contributed by atoms with van der Waals surface area (Å²) in [4.78, 5) is 25.2. The SMILES string of the molecule is CC/C=C\C/C=C\C/C=C\CCCCCCCC(=O)OCC(COCCCCCCCCCCCC)OC(=O)CCCCCCCCCCCCC. The Morgan fingerprint density at radius 3 is 1.38 bits per heavy atom. The molecule has 0 spiro atoms. The molecule has 0 aromatic carbocycles. The Labute approximate surface area is 323 Å². The number of hydrogen-bond acceptors (Lipinski definition) is 5. The summed E-state index contributed by atoms with van der Waals surface area (Å²) in [5, 5.41) is 0. The average molecular weight is 731 g/mol. The number of rotatable bonds is 41. The van der Waals surface area contributed by atoms with E-state index in [2.05, 4.69) is 57.2 Å². The highest BCUT2D eigenvalue weighted by molar-refractivity contribution is 5.70. The average Bonchev–Trinajstić information content (AvgIpc) is 3.14. The third kappa shape index (κ3) is 40.9. The van der Waals surface area contributed by atoms with Crippen molar-refractivity contribution in [3.05, 3.63) is 36.5 Å². The van der Waals surface area contributed by atoms with E-state index in [1.54, 1.807) is 0 Å². The van der Waals surface area contributed by atoms with Gasteiger partial charge in [-0.15, -0.1) is 0 Å². The summed E-state index contributed by atoms with van der Waals surface area (Å²) in [6, 6.07) is 0. The van der Waals surface area contributed by atoms with E-state index in [0.29, 0.717) is 19.4 Å². The van der Waals surface area contributed by atoms with Crippen LogP contribution in [0.3, 0.4) is 0 Å². The molecule has 304 valence electrons. The van der Waals surface area contributed by atoms with Gasteiger partial charge >= 0.3 is 11.9 Å². The predicted molar refractivity (Wildman–Crippen MR) is 224 cm³/mol. The number of hydrogen-bond donors (Lipinski definition) is 0. The molecule has 0 bridgehead atoms. The van der Waals surface area contributed by atoms with Gasteiger partial charge in [0.05, 0.1) is 6.61 Å². The number of unbranched alkanes of at least 4 members (excludes halogenated alkanes) is 24. The van der Waals surface area contributed by atoms with E-state index in [9.17, 15) is 9.59 Å². The summed E-state index contributed by atoms with van der Waals surface area (Å²) in [6.45, 7) is 7.71. The van der Waals surface area contributed by atoms with Gasteiger partial charge in [-0.3, -0.25) is 9.59 Å². The van der Waals surface area contributed by atoms with Gasteiger partial charge in [-0.1, -0.05) is 198 Å². The standard InChI is InChI=1S/C47H86O5/c1-4-7-10-13-16-19-22-23-24-25-27-28-31-34-37-40-46(48)51-44-45(43-50-42-39-36-33-30-21-18-15-12-9-6-3)52-47(49)41-38-35-32-29-26-20-17-14-11-8-5-2/h7,10,16,19,23-24,45H,4-6,8-9,11-15,17-18,20-22,25-44H2,1-3H3/b10-7-,19-16-,24-23-. The summed E-state index contributed by atoms with van der Waals surface area (Å²) in [5.41, 5.74) is 0. The number of allylic oxidation sites excluding steroid dienone is 6. The first-order valence-electron chi connectivity index (χ1n) is 22.5. The fraction of sp³-hybridized carbons (Fsp3) is 0.830. The van der Waals surface area contributed by atoms with Crippen LogP contribution in [0.15, 0.2) is 36.5 Å². The molecule has 0 aliphatic rings. The van der Waals surface area contributed by atoms with Gasteiger partial charge in [-0.05, 0) is 51.4 Å². The minimum Gasteiger partial charge on any atom is -0.462 e. The van der Waals surface area contributed by atoms with Crippen LogP contribution >= 0.6 is 0 Å². The second-order valence-electron chi connectivity index (χ2n) is 14.9. The van der Waals surface area contributed by atoms with Crippen LogP contribution in [0.1, 0.15) is 226 Å². The minimum atomic E-state index is -0.534. The Hall–Kier alpha value is -1.88. The van der Waals surface area contributed by atoms with Crippen molar-refractivity contribution in [1.29, 1.82) is 0 Å². The van der Waals surface area contributed by atoms with E-state index < -0.39 is 6.10 Å². The smallest absolute Gasteiger partial charge is 0.306 e. The zero-order valence-corrected chi connectivity index (χ0v) is 34.8. The largest absolute Gasteiger partial charge is 0.462 e. The zero-order valence-electron chi connectivity index (χ0n) is 34.8. The Morgan fingerprint density at radius 1 is 0.442 bits per heavy atom. The summed E-state index contributed by atoms with van der Waals surface area (Å²) in [5.74, 6) is -0.409. The molecule has 0 saturated heterocycles. The van der Waals surface area contributed by atoms with Gasteiger partial charge < -0.3 is 14.2 Å². The number of carbonyl (C=O) groups excluding carboxylic acids is 2. The van der Waals surface area contributed by atoms with Gasteiger partial charge in [-0.25, -0.2) is 0 Å². The topological polar surface area (TPSA) is 61.8 Å². The lowest BCUT2D eigenvalue weighted by Crippen LogP contribution is -2.30. The quantitative estimate of drug-likeness (QED) is 0.0356. The number of ether oxygens (including phenoxy) is 3. The van der Waals surface area contributed by atoms with Crippen molar-refractivity contribution in [3.8, 4) is 0 Å². The van der Waals surface area contributed by atoms with E-state index in [-0.39, 0.29) is 25.2 Å². The van der Waals surface area contributed by atoms with Crippen molar-refractivity contribution in [1.82, 2.24) is 0 Å². The molecule has 0 fully saturated rings. The molecule has 0 radical (unpaired) electrons. The van der Waals surface area contributed by atoms with Gasteiger partial charge in [0.2, 0.25) is 0 Å². The van der Waals surface area contributed by atoms with E-state index in [1.165, 1.54) is 128 Å². The third-order valence-corrected chi connectivity index (χ3v) is 9.69. The lowest BCUT2D eigenvalue weighted by molar-refractivity contribution is -0.163. The number of carbonyl (C=O) groups is 2. The summed E-state index contributed by atoms with van der Waals surface area (Å²) in [7, 11) is 0. The first kappa shape index (κ1) is 50.1. The molecule has 0 amide bonds. The van der Waals surface area contributed by atoms with E-state index in [1.807, 2.05) is 0 Å². The van der Waals surface area contributed by atoms with Crippen LogP contribution < -0.4 is 0 Å². The monoisotopic (exact) mass is 731 g/mol. The molecule has 0 rings (SSSR count). The van der Waals surface area contributed by atoms with Crippen LogP contribution in [-0.2, 0) is 23.8 Å².